The average molecular weight is 252 g/mol. The quantitative estimate of drug-likeness (QED) is 0.513. The third-order valence-corrected chi connectivity index (χ3v) is 2.91. The third kappa shape index (κ3) is 4.73. The van der Waals surface area contributed by atoms with Crippen LogP contribution in [0.4, 0.5) is 0 Å². The maximum atomic E-state index is 11.0. The summed E-state index contributed by atoms with van der Waals surface area (Å²) in [5.74, 6) is -0.657. The molecule has 0 bridgehead atoms. The first kappa shape index (κ1) is 15.1. The normalized spacial score (nSPS) is 14.2. The molecule has 94 valence electrons. The lowest BCUT2D eigenvalue weighted by Crippen LogP contribution is -2.41. The SMILES string of the molecule is C=CC(=O)OC(C)(C)C(C)OS(=O)(=O)OC. The molecule has 0 saturated carbocycles. The van der Waals surface area contributed by atoms with E-state index in [0.29, 0.717) is 0 Å². The molecular formula is C9H16O6S. The first-order chi connectivity index (χ1) is 7.14. The van der Waals surface area contributed by atoms with Crippen LogP contribution in [0.1, 0.15) is 20.8 Å². The van der Waals surface area contributed by atoms with Crippen LogP contribution in [0, 0.1) is 0 Å². The monoisotopic (exact) mass is 252 g/mol. The predicted molar refractivity (Wildman–Crippen MR) is 56.8 cm³/mol. The van der Waals surface area contributed by atoms with Crippen molar-refractivity contribution in [3.05, 3.63) is 12.7 Å². The third-order valence-electron chi connectivity index (χ3n) is 1.98. The van der Waals surface area contributed by atoms with Crippen LogP contribution in [0.15, 0.2) is 12.7 Å². The van der Waals surface area contributed by atoms with Gasteiger partial charge in [-0.3, -0.25) is 4.18 Å². The number of carbonyl (C=O) groups excluding carboxylic acids is 1. The highest BCUT2D eigenvalue weighted by Gasteiger charge is 2.34. The Morgan fingerprint density at radius 1 is 1.44 bits per heavy atom. The second kappa shape index (κ2) is 5.42. The van der Waals surface area contributed by atoms with Crippen LogP contribution >= 0.6 is 0 Å². The van der Waals surface area contributed by atoms with Crippen LogP contribution in [-0.2, 0) is 28.3 Å². The van der Waals surface area contributed by atoms with Crippen LogP contribution in [0.3, 0.4) is 0 Å². The van der Waals surface area contributed by atoms with Crippen molar-refractivity contribution < 1.29 is 26.3 Å². The van der Waals surface area contributed by atoms with E-state index in [2.05, 4.69) is 14.9 Å². The van der Waals surface area contributed by atoms with Crippen molar-refractivity contribution in [2.75, 3.05) is 7.11 Å². The summed E-state index contributed by atoms with van der Waals surface area (Å²) in [5, 5.41) is 0. The van der Waals surface area contributed by atoms with Crippen LogP contribution in [-0.4, -0.2) is 33.2 Å². The number of hydrogen-bond acceptors (Lipinski definition) is 6. The van der Waals surface area contributed by atoms with E-state index in [1.807, 2.05) is 0 Å². The van der Waals surface area contributed by atoms with Gasteiger partial charge in [-0.1, -0.05) is 6.58 Å². The first-order valence-corrected chi connectivity index (χ1v) is 5.82. The van der Waals surface area contributed by atoms with Gasteiger partial charge in [0, 0.05) is 6.08 Å². The van der Waals surface area contributed by atoms with Gasteiger partial charge in [-0.05, 0) is 20.8 Å². The molecule has 0 heterocycles. The van der Waals surface area contributed by atoms with E-state index in [1.165, 1.54) is 20.8 Å². The number of carbonyl (C=O) groups is 1. The fraction of sp³-hybridized carbons (Fsp3) is 0.667. The van der Waals surface area contributed by atoms with Crippen molar-refractivity contribution in [1.82, 2.24) is 0 Å². The van der Waals surface area contributed by atoms with Gasteiger partial charge in [0.05, 0.1) is 7.11 Å². The molecule has 0 saturated heterocycles. The Morgan fingerprint density at radius 3 is 2.31 bits per heavy atom. The van der Waals surface area contributed by atoms with Gasteiger partial charge in [-0.15, -0.1) is 0 Å². The lowest BCUT2D eigenvalue weighted by Gasteiger charge is -2.29. The maximum Gasteiger partial charge on any atom is 0.399 e. The molecular weight excluding hydrogens is 236 g/mol. The molecule has 0 radical (unpaired) electrons. The van der Waals surface area contributed by atoms with Gasteiger partial charge < -0.3 is 4.74 Å². The van der Waals surface area contributed by atoms with Crippen LogP contribution in [0.5, 0.6) is 0 Å². The number of esters is 1. The van der Waals surface area contributed by atoms with Crippen molar-refractivity contribution in [2.45, 2.75) is 32.5 Å². The molecule has 7 heteroatoms. The fourth-order valence-electron chi connectivity index (χ4n) is 0.716. The van der Waals surface area contributed by atoms with Gasteiger partial charge in [0.1, 0.15) is 11.7 Å². The van der Waals surface area contributed by atoms with E-state index in [9.17, 15) is 13.2 Å². The number of rotatable bonds is 6. The predicted octanol–water partition coefficient (Wildman–Crippen LogP) is 0.790. The van der Waals surface area contributed by atoms with Gasteiger partial charge in [0.2, 0.25) is 0 Å². The average Bonchev–Trinajstić information content (AvgIpc) is 2.16. The van der Waals surface area contributed by atoms with Gasteiger partial charge in [0.15, 0.2) is 0 Å². The van der Waals surface area contributed by atoms with Crippen molar-refractivity contribution in [1.29, 1.82) is 0 Å². The van der Waals surface area contributed by atoms with E-state index in [1.54, 1.807) is 0 Å². The molecule has 6 nitrogen and oxygen atoms in total. The van der Waals surface area contributed by atoms with Crippen LogP contribution in [0.25, 0.3) is 0 Å². The van der Waals surface area contributed by atoms with E-state index in [0.717, 1.165) is 13.2 Å². The Hall–Kier alpha value is -0.920. The lowest BCUT2D eigenvalue weighted by molar-refractivity contribution is -0.158. The maximum absolute atomic E-state index is 11.0. The molecule has 1 unspecified atom stereocenters. The van der Waals surface area contributed by atoms with Gasteiger partial charge in [0.25, 0.3) is 0 Å². The number of hydrogen-bond donors (Lipinski definition) is 0. The van der Waals surface area contributed by atoms with Crippen molar-refractivity contribution >= 4 is 16.4 Å². The largest absolute Gasteiger partial charge is 0.454 e. The Kier molecular flexibility index (Phi) is 5.11. The van der Waals surface area contributed by atoms with Gasteiger partial charge in [-0.2, -0.15) is 8.42 Å². The second-order valence-electron chi connectivity index (χ2n) is 3.54. The van der Waals surface area contributed by atoms with Crippen LogP contribution in [0.2, 0.25) is 0 Å². The lowest BCUT2D eigenvalue weighted by atomic mass is 10.0. The Labute approximate surface area is 95.5 Å². The molecule has 0 N–H and O–H groups in total. The molecule has 0 aliphatic heterocycles. The van der Waals surface area contributed by atoms with E-state index in [-0.39, 0.29) is 0 Å². The zero-order chi connectivity index (χ0) is 13.0. The zero-order valence-corrected chi connectivity index (χ0v) is 10.5. The Bertz CT molecular complexity index is 356. The standard InChI is InChI=1S/C9H16O6S/c1-6-8(10)14-9(3,4)7(2)15-16(11,12)13-5/h6-7H,1H2,2-5H3. The zero-order valence-electron chi connectivity index (χ0n) is 9.72. The van der Waals surface area contributed by atoms with Crippen molar-refractivity contribution in [2.24, 2.45) is 0 Å². The number of ether oxygens (including phenoxy) is 1. The second-order valence-corrected chi connectivity index (χ2v) is 4.88. The molecule has 0 aromatic carbocycles. The highest BCUT2D eigenvalue weighted by molar-refractivity contribution is 7.81. The molecule has 0 fully saturated rings. The topological polar surface area (TPSA) is 78.9 Å². The summed E-state index contributed by atoms with van der Waals surface area (Å²) < 4.78 is 35.7. The van der Waals surface area contributed by atoms with E-state index in [4.69, 9.17) is 4.74 Å². The summed E-state index contributed by atoms with van der Waals surface area (Å²) in [5.41, 5.74) is -1.11. The minimum Gasteiger partial charge on any atom is -0.454 e. The summed E-state index contributed by atoms with van der Waals surface area (Å²) in [4.78, 5) is 11.0. The molecule has 0 amide bonds. The summed E-state index contributed by atoms with van der Waals surface area (Å²) in [7, 11) is -3.08. The van der Waals surface area contributed by atoms with Gasteiger partial charge in [-0.25, -0.2) is 8.98 Å². The summed E-state index contributed by atoms with van der Waals surface area (Å²) in [6, 6.07) is 0. The molecule has 0 aliphatic carbocycles. The Morgan fingerprint density at radius 2 is 1.94 bits per heavy atom. The summed E-state index contributed by atoms with van der Waals surface area (Å²) >= 11 is 0. The van der Waals surface area contributed by atoms with Gasteiger partial charge >= 0.3 is 16.4 Å². The fourth-order valence-corrected chi connectivity index (χ4v) is 1.38. The van der Waals surface area contributed by atoms with E-state index < -0.39 is 28.1 Å². The minimum atomic E-state index is -4.06. The highest BCUT2D eigenvalue weighted by atomic mass is 32.3. The smallest absolute Gasteiger partial charge is 0.399 e. The summed E-state index contributed by atoms with van der Waals surface area (Å²) in [6.45, 7) is 7.72. The minimum absolute atomic E-state index is 0.657. The van der Waals surface area contributed by atoms with Crippen LogP contribution < -0.4 is 0 Å². The molecule has 0 spiro atoms. The Balaban J connectivity index is 4.64. The van der Waals surface area contributed by atoms with Crippen molar-refractivity contribution in [3.8, 4) is 0 Å². The molecule has 1 atom stereocenters. The molecule has 16 heavy (non-hydrogen) atoms. The molecule has 0 aromatic heterocycles. The molecule has 0 aromatic rings. The summed E-state index contributed by atoms with van der Waals surface area (Å²) in [6.07, 6.45) is 0.0978. The van der Waals surface area contributed by atoms with Crippen molar-refractivity contribution in [3.63, 3.8) is 0 Å². The highest BCUT2D eigenvalue weighted by Crippen LogP contribution is 2.20. The first-order valence-electron chi connectivity index (χ1n) is 4.49. The molecule has 0 rings (SSSR count). The molecule has 0 aliphatic rings. The van der Waals surface area contributed by atoms with E-state index >= 15 is 0 Å².